The van der Waals surface area contributed by atoms with E-state index in [0.29, 0.717) is 34.5 Å². The highest BCUT2D eigenvalue weighted by atomic mass is 32.1. The molecule has 3 aromatic rings. The van der Waals surface area contributed by atoms with Gasteiger partial charge in [0.1, 0.15) is 16.5 Å². The van der Waals surface area contributed by atoms with E-state index in [1.807, 2.05) is 18.0 Å². The van der Waals surface area contributed by atoms with Crippen LogP contribution < -0.4 is 0 Å². The zero-order valence-electron chi connectivity index (χ0n) is 12.7. The maximum Gasteiger partial charge on any atom is 0.346 e. The number of aryl methyl sites for hydroxylation is 1. The third kappa shape index (κ3) is 3.11. The molecule has 0 aliphatic carbocycles. The summed E-state index contributed by atoms with van der Waals surface area (Å²) in [5.41, 5.74) is 1.25. The summed E-state index contributed by atoms with van der Waals surface area (Å²) in [6.07, 6.45) is 0. The number of thiophene rings is 1. The molecule has 0 amide bonds. The Morgan fingerprint density at radius 1 is 1.43 bits per heavy atom. The van der Waals surface area contributed by atoms with Gasteiger partial charge in [-0.1, -0.05) is 11.2 Å². The van der Waals surface area contributed by atoms with Crippen LogP contribution in [-0.2, 0) is 13.1 Å². The van der Waals surface area contributed by atoms with Gasteiger partial charge >= 0.3 is 5.97 Å². The van der Waals surface area contributed by atoms with Crippen LogP contribution in [0.2, 0.25) is 0 Å². The van der Waals surface area contributed by atoms with E-state index in [1.165, 1.54) is 6.07 Å². The number of halogens is 1. The minimum absolute atomic E-state index is 0.174. The van der Waals surface area contributed by atoms with Crippen LogP contribution in [0.15, 0.2) is 28.8 Å². The SMILES string of the molecule is Cc1cc(CN(C)Cc2c(C(=O)O)sc3cccc(F)c23)no1. The Balaban J connectivity index is 1.94. The third-order valence-corrected chi connectivity index (χ3v) is 4.68. The molecule has 2 heterocycles. The van der Waals surface area contributed by atoms with Gasteiger partial charge in [-0.3, -0.25) is 4.90 Å². The van der Waals surface area contributed by atoms with Gasteiger partial charge in [0.05, 0.1) is 5.69 Å². The van der Waals surface area contributed by atoms with Crippen molar-refractivity contribution in [1.82, 2.24) is 10.1 Å². The molecule has 23 heavy (non-hydrogen) atoms. The predicted molar refractivity (Wildman–Crippen MR) is 85.2 cm³/mol. The van der Waals surface area contributed by atoms with Crippen molar-refractivity contribution in [3.63, 3.8) is 0 Å². The first kappa shape index (κ1) is 15.6. The number of aromatic nitrogens is 1. The van der Waals surface area contributed by atoms with Crippen molar-refractivity contribution < 1.29 is 18.8 Å². The van der Waals surface area contributed by atoms with Gasteiger partial charge in [0, 0.05) is 34.8 Å². The Kier molecular flexibility index (Phi) is 4.14. The smallest absolute Gasteiger partial charge is 0.346 e. The summed E-state index contributed by atoms with van der Waals surface area (Å²) in [5.74, 6) is -0.718. The molecule has 0 atom stereocenters. The van der Waals surface area contributed by atoms with E-state index >= 15 is 0 Å². The Morgan fingerprint density at radius 2 is 2.22 bits per heavy atom. The second-order valence-corrected chi connectivity index (χ2v) is 6.48. The molecular weight excluding hydrogens is 319 g/mol. The normalized spacial score (nSPS) is 11.5. The van der Waals surface area contributed by atoms with Gasteiger partial charge in [0.15, 0.2) is 0 Å². The van der Waals surface area contributed by atoms with Crippen LogP contribution in [0, 0.1) is 12.7 Å². The quantitative estimate of drug-likeness (QED) is 0.771. The fourth-order valence-electron chi connectivity index (χ4n) is 2.59. The highest BCUT2D eigenvalue weighted by Gasteiger charge is 2.21. The summed E-state index contributed by atoms with van der Waals surface area (Å²) in [5, 5.41) is 13.7. The summed E-state index contributed by atoms with van der Waals surface area (Å²) in [6, 6.07) is 6.50. The van der Waals surface area contributed by atoms with E-state index < -0.39 is 11.8 Å². The van der Waals surface area contributed by atoms with Crippen LogP contribution in [0.25, 0.3) is 10.1 Å². The van der Waals surface area contributed by atoms with E-state index in [1.54, 1.807) is 19.1 Å². The zero-order valence-corrected chi connectivity index (χ0v) is 13.5. The number of benzene rings is 1. The van der Waals surface area contributed by atoms with Crippen molar-refractivity contribution in [2.24, 2.45) is 0 Å². The minimum Gasteiger partial charge on any atom is -0.477 e. The fourth-order valence-corrected chi connectivity index (χ4v) is 3.65. The first-order valence-electron chi connectivity index (χ1n) is 6.99. The van der Waals surface area contributed by atoms with Crippen LogP contribution in [0.3, 0.4) is 0 Å². The monoisotopic (exact) mass is 334 g/mol. The van der Waals surface area contributed by atoms with Crippen LogP contribution in [0.4, 0.5) is 4.39 Å². The van der Waals surface area contributed by atoms with Crippen LogP contribution in [-0.4, -0.2) is 28.2 Å². The number of carbonyl (C=O) groups is 1. The Bertz CT molecular complexity index is 871. The van der Waals surface area contributed by atoms with E-state index in [9.17, 15) is 14.3 Å². The number of carboxylic acid groups (broad SMARTS) is 1. The maximum atomic E-state index is 14.2. The number of fused-ring (bicyclic) bond motifs is 1. The van der Waals surface area contributed by atoms with Gasteiger partial charge in [0.25, 0.3) is 0 Å². The number of hydrogen-bond donors (Lipinski definition) is 1. The maximum absolute atomic E-state index is 14.2. The molecule has 0 aliphatic heterocycles. The van der Waals surface area contributed by atoms with Crippen molar-refractivity contribution >= 4 is 27.4 Å². The van der Waals surface area contributed by atoms with Crippen molar-refractivity contribution in [3.05, 3.63) is 52.0 Å². The minimum atomic E-state index is -1.04. The number of aromatic carboxylic acids is 1. The van der Waals surface area contributed by atoms with Gasteiger partial charge in [-0.05, 0) is 26.1 Å². The lowest BCUT2D eigenvalue weighted by atomic mass is 10.1. The van der Waals surface area contributed by atoms with Crippen molar-refractivity contribution in [2.45, 2.75) is 20.0 Å². The molecule has 0 saturated carbocycles. The first-order chi connectivity index (χ1) is 11.0. The lowest BCUT2D eigenvalue weighted by Gasteiger charge is -2.15. The average Bonchev–Trinajstić information content (AvgIpc) is 3.04. The molecule has 0 aliphatic rings. The van der Waals surface area contributed by atoms with Gasteiger partial charge < -0.3 is 9.63 Å². The molecule has 0 fully saturated rings. The van der Waals surface area contributed by atoms with E-state index in [2.05, 4.69) is 5.16 Å². The summed E-state index contributed by atoms with van der Waals surface area (Å²) in [7, 11) is 1.83. The largest absolute Gasteiger partial charge is 0.477 e. The molecule has 0 spiro atoms. The molecule has 7 heteroatoms. The standard InChI is InChI=1S/C16H15FN2O3S/c1-9-6-10(18-22-9)7-19(2)8-11-14-12(17)4-3-5-13(14)23-15(11)16(20)21/h3-6H,7-8H2,1-2H3,(H,20,21). The second kappa shape index (κ2) is 6.10. The van der Waals surface area contributed by atoms with Crippen LogP contribution in [0.1, 0.15) is 26.7 Å². The first-order valence-corrected chi connectivity index (χ1v) is 7.81. The summed E-state index contributed by atoms with van der Waals surface area (Å²) in [4.78, 5) is 13.5. The van der Waals surface area contributed by atoms with Crippen molar-refractivity contribution in [2.75, 3.05) is 7.05 Å². The second-order valence-electron chi connectivity index (χ2n) is 5.43. The Morgan fingerprint density at radius 3 is 2.87 bits per heavy atom. The predicted octanol–water partition coefficient (Wildman–Crippen LogP) is 3.67. The number of hydrogen-bond acceptors (Lipinski definition) is 5. The number of carboxylic acids is 1. The number of rotatable bonds is 5. The highest BCUT2D eigenvalue weighted by Crippen LogP contribution is 2.34. The van der Waals surface area contributed by atoms with E-state index in [4.69, 9.17) is 4.52 Å². The molecular formula is C16H15FN2O3S. The molecule has 1 N–H and O–H groups in total. The lowest BCUT2D eigenvalue weighted by molar-refractivity contribution is 0.0700. The lowest BCUT2D eigenvalue weighted by Crippen LogP contribution is -2.18. The van der Waals surface area contributed by atoms with Gasteiger partial charge in [-0.25, -0.2) is 9.18 Å². The molecule has 0 bridgehead atoms. The van der Waals surface area contributed by atoms with E-state index in [0.717, 1.165) is 17.0 Å². The van der Waals surface area contributed by atoms with Gasteiger partial charge in [-0.2, -0.15) is 0 Å². The molecule has 3 rings (SSSR count). The molecule has 5 nitrogen and oxygen atoms in total. The van der Waals surface area contributed by atoms with Crippen LogP contribution >= 0.6 is 11.3 Å². The average molecular weight is 334 g/mol. The Labute approximate surface area is 135 Å². The molecule has 2 aromatic heterocycles. The summed E-state index contributed by atoms with van der Waals surface area (Å²) in [6.45, 7) is 2.61. The van der Waals surface area contributed by atoms with Crippen LogP contribution in [0.5, 0.6) is 0 Å². The van der Waals surface area contributed by atoms with Gasteiger partial charge in [-0.15, -0.1) is 11.3 Å². The van der Waals surface area contributed by atoms with Gasteiger partial charge in [0.2, 0.25) is 0 Å². The van der Waals surface area contributed by atoms with Crippen molar-refractivity contribution in [3.8, 4) is 0 Å². The number of nitrogens with zero attached hydrogens (tertiary/aromatic N) is 2. The third-order valence-electron chi connectivity index (χ3n) is 3.49. The zero-order chi connectivity index (χ0) is 16.6. The Hall–Kier alpha value is -2.25. The molecule has 1 aromatic carbocycles. The van der Waals surface area contributed by atoms with Crippen molar-refractivity contribution in [1.29, 1.82) is 0 Å². The summed E-state index contributed by atoms with van der Waals surface area (Å²) >= 11 is 1.10. The fraction of sp³-hybridized carbons (Fsp3) is 0.250. The van der Waals surface area contributed by atoms with E-state index in [-0.39, 0.29) is 4.88 Å². The summed E-state index contributed by atoms with van der Waals surface area (Å²) < 4.78 is 19.8. The molecule has 120 valence electrons. The molecule has 0 unspecified atom stereocenters. The topological polar surface area (TPSA) is 66.6 Å². The molecule has 0 radical (unpaired) electrons. The highest BCUT2D eigenvalue weighted by molar-refractivity contribution is 7.21. The molecule has 0 saturated heterocycles.